The van der Waals surface area contributed by atoms with E-state index in [-0.39, 0.29) is 0 Å². The van der Waals surface area contributed by atoms with Crippen LogP contribution in [0.15, 0.2) is 39.4 Å². The first kappa shape index (κ1) is 15.9. The van der Waals surface area contributed by atoms with Crippen molar-refractivity contribution in [3.63, 3.8) is 0 Å². The molecule has 2 aromatic rings. The van der Waals surface area contributed by atoms with Crippen LogP contribution in [0.2, 0.25) is 0 Å². The molecule has 0 aliphatic heterocycles. The Kier molecular flexibility index (Phi) is 4.95. The van der Waals surface area contributed by atoms with Gasteiger partial charge in [0.2, 0.25) is 0 Å². The lowest BCUT2D eigenvalue weighted by Crippen LogP contribution is -2.22. The number of nitrogens with zero attached hydrogens (tertiary/aromatic N) is 1. The zero-order chi connectivity index (χ0) is 15.6. The molecule has 0 aliphatic carbocycles. The number of halogens is 3. The fourth-order valence-electron chi connectivity index (χ4n) is 1.87. The van der Waals surface area contributed by atoms with Gasteiger partial charge in [0.1, 0.15) is 5.82 Å². The Hall–Kier alpha value is -1.47. The van der Waals surface area contributed by atoms with Crippen molar-refractivity contribution in [3.05, 3.63) is 56.5 Å². The summed E-state index contributed by atoms with van der Waals surface area (Å²) in [6.45, 7) is 1.73. The number of hydrogen-bond donors (Lipinski definition) is 2. The molecule has 110 valence electrons. The first-order chi connectivity index (χ1) is 9.86. The zero-order valence-corrected chi connectivity index (χ0v) is 14.1. The Morgan fingerprint density at radius 2 is 2.05 bits per heavy atom. The van der Waals surface area contributed by atoms with Crippen molar-refractivity contribution in [2.75, 3.05) is 5.32 Å². The summed E-state index contributed by atoms with van der Waals surface area (Å²) >= 11 is 6.55. The summed E-state index contributed by atoms with van der Waals surface area (Å²) in [5.74, 6) is -1.53. The predicted octanol–water partition coefficient (Wildman–Crippen LogP) is 4.29. The van der Waals surface area contributed by atoms with Gasteiger partial charge in [-0.1, -0.05) is 0 Å². The molecule has 0 amide bonds. The maximum absolute atomic E-state index is 13.4. The Bertz CT molecular complexity index is 674. The number of benzene rings is 1. The van der Waals surface area contributed by atoms with Crippen LogP contribution in [0, 0.1) is 12.7 Å². The molecule has 0 saturated heterocycles. The van der Waals surface area contributed by atoms with Crippen LogP contribution in [0.1, 0.15) is 17.3 Å². The number of hydrogen-bond acceptors (Lipinski definition) is 3. The molecule has 1 aromatic carbocycles. The Balaban J connectivity index is 2.37. The third-order valence-electron chi connectivity index (χ3n) is 2.71. The molecule has 1 unspecified atom stereocenters. The average molecular weight is 418 g/mol. The van der Waals surface area contributed by atoms with Crippen molar-refractivity contribution in [2.45, 2.75) is 13.0 Å². The molecule has 0 radical (unpaired) electrons. The normalized spacial score (nSPS) is 12.0. The van der Waals surface area contributed by atoms with Gasteiger partial charge in [-0.3, -0.25) is 4.98 Å². The molecule has 1 heterocycles. The molecule has 1 aromatic heterocycles. The lowest BCUT2D eigenvalue weighted by molar-refractivity contribution is -0.138. The molecule has 1 atom stereocenters. The van der Waals surface area contributed by atoms with Crippen LogP contribution in [-0.4, -0.2) is 16.1 Å². The minimum atomic E-state index is -1.10. The van der Waals surface area contributed by atoms with Crippen LogP contribution in [-0.2, 0) is 4.79 Å². The SMILES string of the molecule is Cc1cc(F)cc(NC(C(=O)O)c2ncc(Br)cc2Br)c1. The van der Waals surface area contributed by atoms with Crippen LogP contribution in [0.3, 0.4) is 0 Å². The zero-order valence-electron chi connectivity index (χ0n) is 10.9. The summed E-state index contributed by atoms with van der Waals surface area (Å²) in [4.78, 5) is 15.6. The van der Waals surface area contributed by atoms with E-state index < -0.39 is 17.8 Å². The maximum Gasteiger partial charge on any atom is 0.332 e. The van der Waals surface area contributed by atoms with Crippen molar-refractivity contribution >= 4 is 43.5 Å². The fourth-order valence-corrected chi connectivity index (χ4v) is 3.09. The summed E-state index contributed by atoms with van der Waals surface area (Å²) in [5.41, 5.74) is 1.40. The lowest BCUT2D eigenvalue weighted by Gasteiger charge is -2.17. The first-order valence-corrected chi connectivity index (χ1v) is 7.53. The highest BCUT2D eigenvalue weighted by Crippen LogP contribution is 2.28. The van der Waals surface area contributed by atoms with Gasteiger partial charge in [-0.2, -0.15) is 0 Å². The summed E-state index contributed by atoms with van der Waals surface area (Å²) in [6, 6.07) is 4.90. The van der Waals surface area contributed by atoms with E-state index in [9.17, 15) is 14.3 Å². The third kappa shape index (κ3) is 4.01. The highest BCUT2D eigenvalue weighted by molar-refractivity contribution is 9.11. The minimum absolute atomic E-state index is 0.313. The largest absolute Gasteiger partial charge is 0.479 e. The minimum Gasteiger partial charge on any atom is -0.479 e. The van der Waals surface area contributed by atoms with Gasteiger partial charge in [-0.15, -0.1) is 0 Å². The second-order valence-corrected chi connectivity index (χ2v) is 6.22. The highest BCUT2D eigenvalue weighted by atomic mass is 79.9. The predicted molar refractivity (Wildman–Crippen MR) is 84.8 cm³/mol. The van der Waals surface area contributed by atoms with Crippen molar-refractivity contribution in [1.82, 2.24) is 4.98 Å². The van der Waals surface area contributed by atoms with E-state index in [2.05, 4.69) is 42.2 Å². The quantitative estimate of drug-likeness (QED) is 0.778. The molecule has 21 heavy (non-hydrogen) atoms. The number of aromatic nitrogens is 1. The molecule has 7 heteroatoms. The van der Waals surface area contributed by atoms with Crippen LogP contribution < -0.4 is 5.32 Å². The van der Waals surface area contributed by atoms with Crippen molar-refractivity contribution in [1.29, 1.82) is 0 Å². The average Bonchev–Trinajstić information content (AvgIpc) is 2.35. The van der Waals surface area contributed by atoms with Gasteiger partial charge < -0.3 is 10.4 Å². The molecular formula is C14H11Br2FN2O2. The summed E-state index contributed by atoms with van der Waals surface area (Å²) < 4.78 is 14.7. The number of rotatable bonds is 4. The van der Waals surface area contributed by atoms with E-state index in [0.717, 1.165) is 4.47 Å². The van der Waals surface area contributed by atoms with E-state index >= 15 is 0 Å². The van der Waals surface area contributed by atoms with E-state index in [1.807, 2.05) is 0 Å². The number of anilines is 1. The fraction of sp³-hybridized carbons (Fsp3) is 0.143. The topological polar surface area (TPSA) is 62.2 Å². The molecular weight excluding hydrogens is 407 g/mol. The van der Waals surface area contributed by atoms with Gasteiger partial charge in [0.15, 0.2) is 6.04 Å². The number of carboxylic acids is 1. The molecule has 0 spiro atoms. The Labute approximate surface area is 137 Å². The molecule has 0 bridgehead atoms. The summed E-state index contributed by atoms with van der Waals surface area (Å²) in [6.07, 6.45) is 1.51. The second-order valence-electron chi connectivity index (χ2n) is 4.45. The van der Waals surface area contributed by atoms with E-state index in [0.29, 0.717) is 21.4 Å². The monoisotopic (exact) mass is 416 g/mol. The van der Waals surface area contributed by atoms with E-state index in [1.54, 1.807) is 19.1 Å². The Morgan fingerprint density at radius 1 is 1.33 bits per heavy atom. The third-order valence-corrected chi connectivity index (χ3v) is 3.78. The molecule has 0 saturated carbocycles. The lowest BCUT2D eigenvalue weighted by atomic mass is 10.1. The molecule has 2 rings (SSSR count). The molecule has 0 fully saturated rings. The number of aryl methyl sites for hydroxylation is 1. The van der Waals surface area contributed by atoms with Gasteiger partial charge >= 0.3 is 5.97 Å². The number of nitrogens with one attached hydrogen (secondary N) is 1. The number of pyridine rings is 1. The van der Waals surface area contributed by atoms with E-state index in [1.165, 1.54) is 18.3 Å². The van der Waals surface area contributed by atoms with Crippen molar-refractivity contribution in [3.8, 4) is 0 Å². The molecule has 2 N–H and O–H groups in total. The number of carbonyl (C=O) groups is 1. The highest BCUT2D eigenvalue weighted by Gasteiger charge is 2.24. The van der Waals surface area contributed by atoms with Gasteiger partial charge in [0.25, 0.3) is 0 Å². The van der Waals surface area contributed by atoms with Crippen LogP contribution in [0.4, 0.5) is 10.1 Å². The van der Waals surface area contributed by atoms with Crippen molar-refractivity contribution < 1.29 is 14.3 Å². The molecule has 4 nitrogen and oxygen atoms in total. The van der Waals surface area contributed by atoms with Crippen LogP contribution in [0.5, 0.6) is 0 Å². The number of aliphatic carboxylic acids is 1. The standard InChI is InChI=1S/C14H11Br2FN2O2/c1-7-2-9(17)5-10(3-7)19-13(14(20)21)12-11(16)4-8(15)6-18-12/h2-6,13,19H,1H3,(H,20,21). The van der Waals surface area contributed by atoms with E-state index in [4.69, 9.17) is 0 Å². The van der Waals surface area contributed by atoms with Crippen molar-refractivity contribution in [2.24, 2.45) is 0 Å². The van der Waals surface area contributed by atoms with Crippen LogP contribution in [0.25, 0.3) is 0 Å². The van der Waals surface area contributed by atoms with Gasteiger partial charge in [0.05, 0.1) is 5.69 Å². The Morgan fingerprint density at radius 3 is 2.62 bits per heavy atom. The van der Waals surface area contributed by atoms with Gasteiger partial charge in [-0.25, -0.2) is 9.18 Å². The first-order valence-electron chi connectivity index (χ1n) is 5.94. The van der Waals surface area contributed by atoms with Crippen LogP contribution >= 0.6 is 31.9 Å². The second kappa shape index (κ2) is 6.53. The smallest absolute Gasteiger partial charge is 0.332 e. The van der Waals surface area contributed by atoms with Gasteiger partial charge in [0, 0.05) is 20.8 Å². The maximum atomic E-state index is 13.4. The number of carboxylic acid groups (broad SMARTS) is 1. The summed E-state index contributed by atoms with van der Waals surface area (Å²) in [7, 11) is 0. The van der Waals surface area contributed by atoms with Gasteiger partial charge in [-0.05, 0) is 68.6 Å². The summed E-state index contributed by atoms with van der Waals surface area (Å²) in [5, 5.41) is 12.2. The molecule has 0 aliphatic rings.